The van der Waals surface area contributed by atoms with E-state index in [2.05, 4.69) is 20.9 Å². The number of benzene rings is 1. The summed E-state index contributed by atoms with van der Waals surface area (Å²) in [6.45, 7) is 0.00127. The third kappa shape index (κ3) is 1.83. The SMILES string of the molecule is OCc1cc(Br)ccc1-n1ccc2cccnc21. The highest BCUT2D eigenvalue weighted by atomic mass is 79.9. The zero-order valence-electron chi connectivity index (χ0n) is 9.55. The van der Waals surface area contributed by atoms with Crippen molar-refractivity contribution in [2.45, 2.75) is 6.61 Å². The van der Waals surface area contributed by atoms with Crippen LogP contribution in [0.2, 0.25) is 0 Å². The predicted molar refractivity (Wildman–Crippen MR) is 74.7 cm³/mol. The maximum Gasteiger partial charge on any atom is 0.144 e. The number of hydrogen-bond acceptors (Lipinski definition) is 2. The van der Waals surface area contributed by atoms with Crippen molar-refractivity contribution in [1.82, 2.24) is 9.55 Å². The molecule has 0 aliphatic carbocycles. The fraction of sp³-hybridized carbons (Fsp3) is 0.0714. The predicted octanol–water partition coefficient (Wildman–Crippen LogP) is 3.28. The second-order valence-electron chi connectivity index (χ2n) is 4.03. The van der Waals surface area contributed by atoms with Crippen LogP contribution in [0.4, 0.5) is 0 Å². The molecule has 1 N–H and O–H groups in total. The van der Waals surface area contributed by atoms with Crippen molar-refractivity contribution in [1.29, 1.82) is 0 Å². The molecule has 3 rings (SSSR count). The molecule has 0 amide bonds. The number of aliphatic hydroxyl groups is 1. The van der Waals surface area contributed by atoms with Gasteiger partial charge in [0.05, 0.1) is 12.3 Å². The van der Waals surface area contributed by atoms with Crippen molar-refractivity contribution >= 4 is 27.0 Å². The number of nitrogens with zero attached hydrogens (tertiary/aromatic N) is 2. The van der Waals surface area contributed by atoms with E-state index < -0.39 is 0 Å². The first-order valence-corrected chi connectivity index (χ1v) is 6.40. The van der Waals surface area contributed by atoms with Crippen LogP contribution < -0.4 is 0 Å². The molecule has 2 heterocycles. The number of pyridine rings is 1. The summed E-state index contributed by atoms with van der Waals surface area (Å²) in [5.41, 5.74) is 2.72. The molecule has 0 fully saturated rings. The summed E-state index contributed by atoms with van der Waals surface area (Å²) < 4.78 is 2.95. The summed E-state index contributed by atoms with van der Waals surface area (Å²) in [4.78, 5) is 4.38. The molecule has 0 radical (unpaired) electrons. The van der Waals surface area contributed by atoms with Crippen LogP contribution >= 0.6 is 15.9 Å². The maximum absolute atomic E-state index is 9.46. The van der Waals surface area contributed by atoms with Crippen LogP contribution in [0, 0.1) is 0 Å². The van der Waals surface area contributed by atoms with Gasteiger partial charge in [0.25, 0.3) is 0 Å². The Labute approximate surface area is 113 Å². The van der Waals surface area contributed by atoms with Crippen molar-refractivity contribution < 1.29 is 5.11 Å². The number of aromatic nitrogens is 2. The Morgan fingerprint density at radius 1 is 1.22 bits per heavy atom. The van der Waals surface area contributed by atoms with Crippen molar-refractivity contribution in [2.75, 3.05) is 0 Å². The van der Waals surface area contributed by atoms with Crippen LogP contribution in [0.3, 0.4) is 0 Å². The number of aliphatic hydroxyl groups excluding tert-OH is 1. The molecule has 0 saturated heterocycles. The van der Waals surface area contributed by atoms with E-state index in [4.69, 9.17) is 0 Å². The Morgan fingerprint density at radius 2 is 2.11 bits per heavy atom. The summed E-state index contributed by atoms with van der Waals surface area (Å²) in [7, 11) is 0. The molecule has 0 unspecified atom stereocenters. The van der Waals surface area contributed by atoms with Gasteiger partial charge in [0.2, 0.25) is 0 Å². The molecule has 18 heavy (non-hydrogen) atoms. The highest BCUT2D eigenvalue weighted by Gasteiger charge is 2.08. The number of halogens is 1. The molecule has 2 aromatic heterocycles. The minimum absolute atomic E-state index is 0.00127. The Balaban J connectivity index is 2.26. The van der Waals surface area contributed by atoms with Crippen molar-refractivity contribution in [2.24, 2.45) is 0 Å². The van der Waals surface area contributed by atoms with Gasteiger partial charge in [-0.1, -0.05) is 15.9 Å². The van der Waals surface area contributed by atoms with E-state index >= 15 is 0 Å². The molecule has 3 nitrogen and oxygen atoms in total. The average Bonchev–Trinajstić information content (AvgIpc) is 2.82. The van der Waals surface area contributed by atoms with E-state index in [9.17, 15) is 5.11 Å². The van der Waals surface area contributed by atoms with E-state index in [0.29, 0.717) is 0 Å². The van der Waals surface area contributed by atoms with Crippen LogP contribution in [-0.2, 0) is 6.61 Å². The van der Waals surface area contributed by atoms with Gasteiger partial charge in [-0.2, -0.15) is 0 Å². The van der Waals surface area contributed by atoms with Crippen LogP contribution in [0.5, 0.6) is 0 Å². The Morgan fingerprint density at radius 3 is 2.94 bits per heavy atom. The van der Waals surface area contributed by atoms with Gasteiger partial charge in [-0.3, -0.25) is 0 Å². The summed E-state index contributed by atoms with van der Waals surface area (Å²) >= 11 is 3.41. The second-order valence-corrected chi connectivity index (χ2v) is 4.95. The Kier molecular flexibility index (Phi) is 2.89. The molecule has 90 valence electrons. The molecular formula is C14H11BrN2O. The molecule has 0 aliphatic rings. The summed E-state index contributed by atoms with van der Waals surface area (Å²) in [5.74, 6) is 0. The lowest BCUT2D eigenvalue weighted by Gasteiger charge is -2.10. The quantitative estimate of drug-likeness (QED) is 0.789. The normalized spacial score (nSPS) is 11.0. The first-order valence-electron chi connectivity index (χ1n) is 5.61. The molecule has 3 aromatic rings. The molecular weight excluding hydrogens is 292 g/mol. The molecule has 0 atom stereocenters. The zero-order valence-corrected chi connectivity index (χ0v) is 11.1. The number of hydrogen-bond donors (Lipinski definition) is 1. The highest BCUT2D eigenvalue weighted by molar-refractivity contribution is 9.10. The highest BCUT2D eigenvalue weighted by Crippen LogP contribution is 2.24. The molecule has 0 saturated carbocycles. The monoisotopic (exact) mass is 302 g/mol. The van der Waals surface area contributed by atoms with E-state index in [1.165, 1.54) is 0 Å². The standard InChI is InChI=1S/C14H11BrN2O/c15-12-3-4-13(11(8-12)9-18)17-7-5-10-2-1-6-16-14(10)17/h1-8,18H,9H2. The van der Waals surface area contributed by atoms with Gasteiger partial charge in [-0.25, -0.2) is 4.98 Å². The van der Waals surface area contributed by atoms with Crippen LogP contribution in [0.15, 0.2) is 53.3 Å². The molecule has 1 aromatic carbocycles. The Hall–Kier alpha value is -1.65. The minimum atomic E-state index is 0.00127. The number of rotatable bonds is 2. The van der Waals surface area contributed by atoms with Gasteiger partial charge >= 0.3 is 0 Å². The summed E-state index contributed by atoms with van der Waals surface area (Å²) in [6, 6.07) is 11.8. The molecule has 0 bridgehead atoms. The fourth-order valence-corrected chi connectivity index (χ4v) is 2.48. The van der Waals surface area contributed by atoms with Gasteiger partial charge in [0.15, 0.2) is 0 Å². The topological polar surface area (TPSA) is 38.0 Å². The van der Waals surface area contributed by atoms with Crippen LogP contribution in [0.1, 0.15) is 5.56 Å². The third-order valence-corrected chi connectivity index (χ3v) is 3.41. The van der Waals surface area contributed by atoms with Gasteiger partial charge in [0, 0.05) is 27.8 Å². The molecule has 0 aliphatic heterocycles. The average molecular weight is 303 g/mol. The van der Waals surface area contributed by atoms with Gasteiger partial charge in [-0.05, 0) is 36.4 Å². The first kappa shape index (κ1) is 11.4. The van der Waals surface area contributed by atoms with E-state index in [-0.39, 0.29) is 6.61 Å². The summed E-state index contributed by atoms with van der Waals surface area (Å²) in [6.07, 6.45) is 3.75. The fourth-order valence-electron chi connectivity index (χ4n) is 2.08. The summed E-state index contributed by atoms with van der Waals surface area (Å²) in [5, 5.41) is 10.5. The first-order chi connectivity index (χ1) is 8.79. The van der Waals surface area contributed by atoms with Crippen molar-refractivity contribution in [3.8, 4) is 5.69 Å². The third-order valence-electron chi connectivity index (χ3n) is 2.92. The van der Waals surface area contributed by atoms with Gasteiger partial charge in [0.1, 0.15) is 5.65 Å². The van der Waals surface area contributed by atoms with Crippen LogP contribution in [-0.4, -0.2) is 14.7 Å². The molecule has 0 spiro atoms. The van der Waals surface area contributed by atoms with E-state index in [0.717, 1.165) is 26.8 Å². The van der Waals surface area contributed by atoms with Crippen LogP contribution in [0.25, 0.3) is 16.7 Å². The van der Waals surface area contributed by atoms with Gasteiger partial charge in [-0.15, -0.1) is 0 Å². The van der Waals surface area contributed by atoms with Crippen molar-refractivity contribution in [3.63, 3.8) is 0 Å². The van der Waals surface area contributed by atoms with Crippen molar-refractivity contribution in [3.05, 3.63) is 58.8 Å². The van der Waals surface area contributed by atoms with E-state index in [1.54, 1.807) is 6.20 Å². The van der Waals surface area contributed by atoms with Gasteiger partial charge < -0.3 is 9.67 Å². The molecule has 4 heteroatoms. The lowest BCUT2D eigenvalue weighted by molar-refractivity contribution is 0.281. The number of fused-ring (bicyclic) bond motifs is 1. The maximum atomic E-state index is 9.46. The Bertz CT molecular complexity index is 706. The largest absolute Gasteiger partial charge is 0.392 e. The second kappa shape index (κ2) is 4.55. The zero-order chi connectivity index (χ0) is 12.5. The minimum Gasteiger partial charge on any atom is -0.392 e. The smallest absolute Gasteiger partial charge is 0.144 e. The van der Waals surface area contributed by atoms with E-state index in [1.807, 2.05) is 47.2 Å². The lowest BCUT2D eigenvalue weighted by atomic mass is 10.2. The lowest BCUT2D eigenvalue weighted by Crippen LogP contribution is -1.99.